The van der Waals surface area contributed by atoms with Crippen molar-refractivity contribution in [3.05, 3.63) is 113 Å². The van der Waals surface area contributed by atoms with Gasteiger partial charge >= 0.3 is 0 Å². The van der Waals surface area contributed by atoms with Gasteiger partial charge < -0.3 is 10.6 Å². The number of hydrogen-bond acceptors (Lipinski definition) is 3. The molecule has 0 aliphatic heterocycles. The van der Waals surface area contributed by atoms with Gasteiger partial charge in [-0.05, 0) is 67.6 Å². The first kappa shape index (κ1) is 24.6. The Balaban J connectivity index is 1.85. The van der Waals surface area contributed by atoms with Crippen molar-refractivity contribution in [1.82, 2.24) is 9.88 Å². The Morgan fingerprint density at radius 1 is 0.943 bits per heavy atom. The molecule has 0 saturated carbocycles. The number of nitrogens with zero attached hydrogens (tertiary/aromatic N) is 2. The van der Waals surface area contributed by atoms with Crippen LogP contribution in [0, 0.1) is 12.8 Å². The number of pyridine rings is 1. The van der Waals surface area contributed by atoms with E-state index in [1.807, 2.05) is 54.3 Å². The minimum absolute atomic E-state index is 0.0257. The molecule has 35 heavy (non-hydrogen) atoms. The lowest BCUT2D eigenvalue weighted by Crippen LogP contribution is -2.39. The van der Waals surface area contributed by atoms with Crippen molar-refractivity contribution >= 4 is 16.8 Å². The van der Waals surface area contributed by atoms with Gasteiger partial charge in [-0.3, -0.25) is 9.78 Å². The van der Waals surface area contributed by atoms with Crippen LogP contribution < -0.4 is 5.73 Å². The molecule has 1 atom stereocenters. The number of aryl methyl sites for hydroxylation is 1. The van der Waals surface area contributed by atoms with Gasteiger partial charge in [-0.1, -0.05) is 80.1 Å². The maximum atomic E-state index is 13.9. The van der Waals surface area contributed by atoms with Crippen LogP contribution >= 0.6 is 0 Å². The summed E-state index contributed by atoms with van der Waals surface area (Å²) in [5, 5.41) is 1.11. The minimum atomic E-state index is -0.168. The average Bonchev–Trinajstić information content (AvgIpc) is 2.87. The number of aromatic nitrogens is 1. The Morgan fingerprint density at radius 2 is 1.63 bits per heavy atom. The van der Waals surface area contributed by atoms with E-state index in [2.05, 4.69) is 56.3 Å². The molecule has 1 amide bonds. The lowest BCUT2D eigenvalue weighted by Gasteiger charge is -2.35. The third-order valence-electron chi connectivity index (χ3n) is 6.48. The fraction of sp³-hybridized carbons (Fsp3) is 0.290. The molecule has 4 heteroatoms. The van der Waals surface area contributed by atoms with Gasteiger partial charge in [0.2, 0.25) is 0 Å². The van der Waals surface area contributed by atoms with E-state index in [0.717, 1.165) is 40.6 Å². The van der Waals surface area contributed by atoms with Crippen LogP contribution in [0.3, 0.4) is 0 Å². The van der Waals surface area contributed by atoms with Crippen LogP contribution in [0.25, 0.3) is 10.9 Å². The normalized spacial score (nSPS) is 12.1. The first-order chi connectivity index (χ1) is 17.0. The second kappa shape index (κ2) is 11.3. The summed E-state index contributed by atoms with van der Waals surface area (Å²) in [6.45, 7) is 7.50. The van der Waals surface area contributed by atoms with Crippen molar-refractivity contribution in [2.45, 2.75) is 39.7 Å². The number of rotatable bonds is 9. The molecule has 4 aromatic rings. The third-order valence-corrected chi connectivity index (χ3v) is 6.48. The molecule has 1 aromatic heterocycles. The predicted octanol–water partition coefficient (Wildman–Crippen LogP) is 6.32. The number of hydrogen-bond donors (Lipinski definition) is 1. The molecule has 180 valence electrons. The Bertz CT molecular complexity index is 1270. The Hall–Kier alpha value is -3.50. The first-order valence-corrected chi connectivity index (χ1v) is 12.5. The molecule has 2 N–H and O–H groups in total. The molecule has 4 rings (SSSR count). The van der Waals surface area contributed by atoms with E-state index in [4.69, 9.17) is 10.7 Å². The fourth-order valence-electron chi connectivity index (χ4n) is 4.70. The van der Waals surface area contributed by atoms with Gasteiger partial charge in [0.1, 0.15) is 0 Å². The van der Waals surface area contributed by atoms with Crippen LogP contribution in [0.4, 0.5) is 0 Å². The highest BCUT2D eigenvalue weighted by Gasteiger charge is 2.31. The molecule has 0 aliphatic rings. The molecular weight excluding hydrogens is 430 g/mol. The minimum Gasteiger partial charge on any atom is -0.330 e. The second-order valence-electron chi connectivity index (χ2n) is 9.58. The lowest BCUT2D eigenvalue weighted by atomic mass is 9.90. The molecule has 3 aromatic carbocycles. The van der Waals surface area contributed by atoms with Crippen LogP contribution in [0.5, 0.6) is 0 Å². The van der Waals surface area contributed by atoms with Crippen molar-refractivity contribution in [1.29, 1.82) is 0 Å². The van der Waals surface area contributed by atoms with Crippen LogP contribution in [0.2, 0.25) is 0 Å². The summed E-state index contributed by atoms with van der Waals surface area (Å²) in [6, 6.07) is 28.6. The highest BCUT2D eigenvalue weighted by Crippen LogP contribution is 2.34. The Kier molecular flexibility index (Phi) is 7.94. The van der Waals surface area contributed by atoms with E-state index >= 15 is 0 Å². The number of fused-ring (bicyclic) bond motifs is 1. The molecule has 0 spiro atoms. The number of benzene rings is 3. The van der Waals surface area contributed by atoms with Gasteiger partial charge in [-0.2, -0.15) is 0 Å². The summed E-state index contributed by atoms with van der Waals surface area (Å²) in [5.74, 6) is 0.197. The van der Waals surface area contributed by atoms with Gasteiger partial charge in [0.05, 0.1) is 17.3 Å². The summed E-state index contributed by atoms with van der Waals surface area (Å²) in [6.07, 6.45) is 1.50. The van der Waals surface area contributed by atoms with Crippen LogP contribution in [-0.4, -0.2) is 28.9 Å². The van der Waals surface area contributed by atoms with Gasteiger partial charge in [0, 0.05) is 17.5 Å². The molecule has 0 bridgehead atoms. The Labute approximate surface area is 208 Å². The maximum Gasteiger partial charge on any atom is 0.254 e. The summed E-state index contributed by atoms with van der Waals surface area (Å²) < 4.78 is 0. The monoisotopic (exact) mass is 465 g/mol. The number of carbonyl (C=O) groups is 1. The van der Waals surface area contributed by atoms with Crippen LogP contribution in [0.15, 0.2) is 84.9 Å². The predicted molar refractivity (Wildman–Crippen MR) is 144 cm³/mol. The van der Waals surface area contributed by atoms with Gasteiger partial charge in [0.25, 0.3) is 5.91 Å². The van der Waals surface area contributed by atoms with Crippen molar-refractivity contribution in [2.75, 3.05) is 13.1 Å². The summed E-state index contributed by atoms with van der Waals surface area (Å²) in [5.41, 5.74) is 12.0. The molecule has 1 heterocycles. The van der Waals surface area contributed by atoms with E-state index < -0.39 is 0 Å². The molecule has 4 nitrogen and oxygen atoms in total. The van der Waals surface area contributed by atoms with Crippen molar-refractivity contribution in [3.8, 4) is 0 Å². The topological polar surface area (TPSA) is 59.2 Å². The summed E-state index contributed by atoms with van der Waals surface area (Å²) in [4.78, 5) is 21.1. The van der Waals surface area contributed by atoms with Crippen LogP contribution in [0.1, 0.15) is 59.1 Å². The lowest BCUT2D eigenvalue weighted by molar-refractivity contribution is 0.0615. The molecular formula is C31H35N3O. The third kappa shape index (κ3) is 5.77. The summed E-state index contributed by atoms with van der Waals surface area (Å²) in [7, 11) is 0. The molecule has 0 saturated heterocycles. The number of para-hydroxylation sites is 1. The molecule has 1 unspecified atom stereocenters. The zero-order chi connectivity index (χ0) is 24.8. The van der Waals surface area contributed by atoms with E-state index in [1.165, 1.54) is 5.56 Å². The molecule has 0 aliphatic carbocycles. The van der Waals surface area contributed by atoms with Gasteiger partial charge in [-0.25, -0.2) is 0 Å². The van der Waals surface area contributed by atoms with E-state index in [0.29, 0.717) is 18.7 Å². The van der Waals surface area contributed by atoms with E-state index in [1.54, 1.807) is 0 Å². The SMILES string of the molecule is Cc1ccc(C(=O)N(CCCN)C(c2nc3ccccc3cc2Cc2ccccc2)C(C)C)cc1. The summed E-state index contributed by atoms with van der Waals surface area (Å²) >= 11 is 0. The smallest absolute Gasteiger partial charge is 0.254 e. The van der Waals surface area contributed by atoms with Crippen LogP contribution in [-0.2, 0) is 6.42 Å². The average molecular weight is 466 g/mol. The van der Waals surface area contributed by atoms with Crippen molar-refractivity contribution in [2.24, 2.45) is 11.7 Å². The highest BCUT2D eigenvalue weighted by atomic mass is 16.2. The molecule has 0 fully saturated rings. The largest absolute Gasteiger partial charge is 0.330 e. The Morgan fingerprint density at radius 3 is 2.31 bits per heavy atom. The van der Waals surface area contributed by atoms with Crippen molar-refractivity contribution < 1.29 is 4.79 Å². The first-order valence-electron chi connectivity index (χ1n) is 12.5. The number of amides is 1. The van der Waals surface area contributed by atoms with Crippen molar-refractivity contribution in [3.63, 3.8) is 0 Å². The number of carbonyl (C=O) groups excluding carboxylic acids is 1. The quantitative estimate of drug-likeness (QED) is 0.314. The zero-order valence-electron chi connectivity index (χ0n) is 20.9. The fourth-order valence-corrected chi connectivity index (χ4v) is 4.70. The second-order valence-corrected chi connectivity index (χ2v) is 9.58. The van der Waals surface area contributed by atoms with E-state index in [9.17, 15) is 4.79 Å². The zero-order valence-corrected chi connectivity index (χ0v) is 20.9. The van der Waals surface area contributed by atoms with E-state index in [-0.39, 0.29) is 17.9 Å². The maximum absolute atomic E-state index is 13.9. The standard InChI is InChI=1S/C31H35N3O/c1-22(2)30(34(19-9-18-32)31(35)25-16-14-23(3)15-17-25)29-27(20-24-10-5-4-6-11-24)21-26-12-7-8-13-28(26)33-29/h4-8,10-17,21-22,30H,9,18-20,32H2,1-3H3. The molecule has 0 radical (unpaired) electrons. The number of nitrogens with two attached hydrogens (primary N) is 1. The highest BCUT2D eigenvalue weighted by molar-refractivity contribution is 5.94. The van der Waals surface area contributed by atoms with Gasteiger partial charge in [-0.15, -0.1) is 0 Å². The van der Waals surface area contributed by atoms with Gasteiger partial charge in [0.15, 0.2) is 0 Å².